The molecular weight excluding hydrogens is 212 g/mol. The zero-order valence-corrected chi connectivity index (χ0v) is 11.7. The van der Waals surface area contributed by atoms with E-state index in [9.17, 15) is 0 Å². The van der Waals surface area contributed by atoms with Gasteiger partial charge in [0.05, 0.1) is 13.2 Å². The number of nitrogens with zero attached hydrogens (tertiary/aromatic N) is 1. The standard InChI is InChI=1S/C14H30N2O/c1-13(2)7-9-16(10-12-17-11-8-15)14-5-3-4-6-14/h13-14H,3-12,15H2,1-2H3. The van der Waals surface area contributed by atoms with E-state index in [1.165, 1.54) is 38.6 Å². The van der Waals surface area contributed by atoms with Crippen molar-refractivity contribution >= 4 is 0 Å². The lowest BCUT2D eigenvalue weighted by molar-refractivity contribution is 0.0890. The maximum absolute atomic E-state index is 5.51. The Kier molecular flexibility index (Phi) is 7.82. The molecule has 1 aliphatic carbocycles. The van der Waals surface area contributed by atoms with E-state index in [4.69, 9.17) is 10.5 Å². The Morgan fingerprint density at radius 2 is 1.88 bits per heavy atom. The molecule has 0 aromatic heterocycles. The number of rotatable bonds is 9. The zero-order valence-electron chi connectivity index (χ0n) is 11.7. The van der Waals surface area contributed by atoms with E-state index in [1.54, 1.807) is 0 Å². The minimum absolute atomic E-state index is 0.634. The van der Waals surface area contributed by atoms with Crippen molar-refractivity contribution in [2.24, 2.45) is 11.7 Å². The van der Waals surface area contributed by atoms with Gasteiger partial charge in [0.2, 0.25) is 0 Å². The molecule has 0 atom stereocenters. The van der Waals surface area contributed by atoms with Gasteiger partial charge < -0.3 is 10.5 Å². The summed E-state index contributed by atoms with van der Waals surface area (Å²) in [6, 6.07) is 0.815. The third-order valence-corrected chi connectivity index (χ3v) is 3.62. The number of hydrogen-bond donors (Lipinski definition) is 1. The fourth-order valence-electron chi connectivity index (χ4n) is 2.54. The molecule has 0 unspecified atom stereocenters. The summed E-state index contributed by atoms with van der Waals surface area (Å²) in [6.07, 6.45) is 6.89. The molecule has 1 aliphatic rings. The molecule has 0 heterocycles. The van der Waals surface area contributed by atoms with Crippen molar-refractivity contribution in [2.45, 2.75) is 52.0 Å². The van der Waals surface area contributed by atoms with Crippen molar-refractivity contribution in [1.82, 2.24) is 4.90 Å². The predicted octanol–water partition coefficient (Wildman–Crippen LogP) is 2.25. The van der Waals surface area contributed by atoms with Gasteiger partial charge in [0.15, 0.2) is 0 Å². The first kappa shape index (κ1) is 14.9. The topological polar surface area (TPSA) is 38.5 Å². The third kappa shape index (κ3) is 6.39. The summed E-state index contributed by atoms with van der Waals surface area (Å²) in [5.74, 6) is 0.795. The minimum Gasteiger partial charge on any atom is -0.379 e. The van der Waals surface area contributed by atoms with Crippen LogP contribution in [-0.2, 0) is 4.74 Å². The van der Waals surface area contributed by atoms with Crippen LogP contribution in [0.25, 0.3) is 0 Å². The summed E-state index contributed by atoms with van der Waals surface area (Å²) in [7, 11) is 0. The highest BCUT2D eigenvalue weighted by molar-refractivity contribution is 4.77. The molecular formula is C14H30N2O. The average Bonchev–Trinajstić information content (AvgIpc) is 2.81. The molecule has 1 rings (SSSR count). The molecule has 17 heavy (non-hydrogen) atoms. The van der Waals surface area contributed by atoms with Crippen molar-refractivity contribution in [3.05, 3.63) is 0 Å². The maximum atomic E-state index is 5.51. The highest BCUT2D eigenvalue weighted by Crippen LogP contribution is 2.23. The second-order valence-corrected chi connectivity index (χ2v) is 5.56. The first-order valence-corrected chi connectivity index (χ1v) is 7.26. The molecule has 0 aliphatic heterocycles. The van der Waals surface area contributed by atoms with Gasteiger partial charge >= 0.3 is 0 Å². The summed E-state index contributed by atoms with van der Waals surface area (Å²) in [6.45, 7) is 9.09. The maximum Gasteiger partial charge on any atom is 0.0594 e. The lowest BCUT2D eigenvalue weighted by atomic mass is 10.1. The van der Waals surface area contributed by atoms with E-state index < -0.39 is 0 Å². The van der Waals surface area contributed by atoms with Gasteiger partial charge in [-0.25, -0.2) is 0 Å². The largest absolute Gasteiger partial charge is 0.379 e. The molecule has 0 aromatic rings. The van der Waals surface area contributed by atoms with E-state index >= 15 is 0 Å². The van der Waals surface area contributed by atoms with Crippen LogP contribution in [0, 0.1) is 5.92 Å². The molecule has 3 heteroatoms. The molecule has 3 nitrogen and oxygen atoms in total. The van der Waals surface area contributed by atoms with Crippen molar-refractivity contribution in [3.8, 4) is 0 Å². The fraction of sp³-hybridized carbons (Fsp3) is 1.00. The van der Waals surface area contributed by atoms with E-state index in [2.05, 4.69) is 18.7 Å². The van der Waals surface area contributed by atoms with Gasteiger partial charge in [-0.05, 0) is 31.7 Å². The number of nitrogens with two attached hydrogens (primary N) is 1. The highest BCUT2D eigenvalue weighted by Gasteiger charge is 2.21. The Balaban J connectivity index is 2.24. The van der Waals surface area contributed by atoms with Gasteiger partial charge in [-0.1, -0.05) is 26.7 Å². The highest BCUT2D eigenvalue weighted by atomic mass is 16.5. The molecule has 0 aromatic carbocycles. The van der Waals surface area contributed by atoms with Gasteiger partial charge in [0, 0.05) is 19.1 Å². The first-order chi connectivity index (χ1) is 8.24. The van der Waals surface area contributed by atoms with E-state index in [0.29, 0.717) is 13.2 Å². The van der Waals surface area contributed by atoms with Crippen LogP contribution in [0.2, 0.25) is 0 Å². The molecule has 0 amide bonds. The lowest BCUT2D eigenvalue weighted by Gasteiger charge is -2.29. The van der Waals surface area contributed by atoms with Gasteiger partial charge in [0.1, 0.15) is 0 Å². The second kappa shape index (κ2) is 8.90. The Hall–Kier alpha value is -0.120. The molecule has 0 radical (unpaired) electrons. The van der Waals surface area contributed by atoms with Gasteiger partial charge in [-0.2, -0.15) is 0 Å². The molecule has 0 bridgehead atoms. The van der Waals surface area contributed by atoms with Crippen LogP contribution in [0.3, 0.4) is 0 Å². The van der Waals surface area contributed by atoms with E-state index in [0.717, 1.165) is 25.1 Å². The van der Waals surface area contributed by atoms with Crippen LogP contribution in [0.4, 0.5) is 0 Å². The smallest absolute Gasteiger partial charge is 0.0594 e. The summed E-state index contributed by atoms with van der Waals surface area (Å²) < 4.78 is 5.51. The SMILES string of the molecule is CC(C)CCN(CCOCCN)C1CCCC1. The molecule has 1 fully saturated rings. The van der Waals surface area contributed by atoms with Gasteiger partial charge in [0.25, 0.3) is 0 Å². The summed E-state index contributed by atoms with van der Waals surface area (Å²) >= 11 is 0. The molecule has 0 saturated heterocycles. The fourth-order valence-corrected chi connectivity index (χ4v) is 2.54. The molecule has 0 spiro atoms. The van der Waals surface area contributed by atoms with Crippen molar-refractivity contribution in [3.63, 3.8) is 0 Å². The Labute approximate surface area is 107 Å². The van der Waals surface area contributed by atoms with E-state index in [1.807, 2.05) is 0 Å². The minimum atomic E-state index is 0.634. The van der Waals surface area contributed by atoms with Gasteiger partial charge in [-0.15, -0.1) is 0 Å². The second-order valence-electron chi connectivity index (χ2n) is 5.56. The quantitative estimate of drug-likeness (QED) is 0.630. The van der Waals surface area contributed by atoms with Crippen LogP contribution >= 0.6 is 0 Å². The van der Waals surface area contributed by atoms with Crippen LogP contribution in [0.15, 0.2) is 0 Å². The number of hydrogen-bond acceptors (Lipinski definition) is 3. The van der Waals surface area contributed by atoms with Gasteiger partial charge in [-0.3, -0.25) is 4.90 Å². The Bertz CT molecular complexity index is 179. The van der Waals surface area contributed by atoms with Crippen LogP contribution in [-0.4, -0.2) is 43.8 Å². The summed E-state index contributed by atoms with van der Waals surface area (Å²) in [5, 5.41) is 0. The lowest BCUT2D eigenvalue weighted by Crippen LogP contribution is -2.37. The normalized spacial score (nSPS) is 17.5. The monoisotopic (exact) mass is 242 g/mol. The summed E-state index contributed by atoms with van der Waals surface area (Å²) in [5.41, 5.74) is 5.43. The predicted molar refractivity (Wildman–Crippen MR) is 73.2 cm³/mol. The third-order valence-electron chi connectivity index (χ3n) is 3.62. The van der Waals surface area contributed by atoms with Crippen LogP contribution in [0.5, 0.6) is 0 Å². The zero-order chi connectivity index (χ0) is 12.5. The van der Waals surface area contributed by atoms with E-state index in [-0.39, 0.29) is 0 Å². The van der Waals surface area contributed by atoms with Crippen molar-refractivity contribution < 1.29 is 4.74 Å². The van der Waals surface area contributed by atoms with Crippen molar-refractivity contribution in [2.75, 3.05) is 32.8 Å². The Morgan fingerprint density at radius 3 is 2.47 bits per heavy atom. The van der Waals surface area contributed by atoms with Crippen LogP contribution < -0.4 is 5.73 Å². The number of ether oxygens (including phenoxy) is 1. The molecule has 102 valence electrons. The molecule has 2 N–H and O–H groups in total. The Morgan fingerprint density at radius 1 is 1.18 bits per heavy atom. The average molecular weight is 242 g/mol. The molecule has 1 saturated carbocycles. The van der Waals surface area contributed by atoms with Crippen LogP contribution in [0.1, 0.15) is 46.0 Å². The first-order valence-electron chi connectivity index (χ1n) is 7.26. The van der Waals surface area contributed by atoms with Crippen molar-refractivity contribution in [1.29, 1.82) is 0 Å². The summed E-state index contributed by atoms with van der Waals surface area (Å²) in [4.78, 5) is 2.64.